The lowest BCUT2D eigenvalue weighted by Crippen LogP contribution is -2.43. The summed E-state index contributed by atoms with van der Waals surface area (Å²) in [6.45, 7) is 1.39. The monoisotopic (exact) mass is 291 g/mol. The highest BCUT2D eigenvalue weighted by Crippen LogP contribution is 2.36. The van der Waals surface area contributed by atoms with Crippen molar-refractivity contribution in [2.75, 3.05) is 7.05 Å². The number of nitrogens with zero attached hydrogens (tertiary/aromatic N) is 2. The van der Waals surface area contributed by atoms with Crippen LogP contribution in [0.15, 0.2) is 24.5 Å². The van der Waals surface area contributed by atoms with Crippen LogP contribution in [0.1, 0.15) is 24.9 Å². The van der Waals surface area contributed by atoms with E-state index in [1.54, 1.807) is 31.6 Å². The van der Waals surface area contributed by atoms with E-state index >= 15 is 0 Å². The van der Waals surface area contributed by atoms with Gasteiger partial charge < -0.3 is 15.3 Å². The Morgan fingerprint density at radius 1 is 1.52 bits per heavy atom. The number of amides is 2. The predicted molar refractivity (Wildman–Crippen MR) is 73.1 cm³/mol. The maximum atomic E-state index is 12.3. The molecule has 2 N–H and O–H groups in total. The number of hydrogen-bond donors (Lipinski definition) is 2. The summed E-state index contributed by atoms with van der Waals surface area (Å²) in [5, 5.41) is 11.3. The van der Waals surface area contributed by atoms with Crippen molar-refractivity contribution in [2.45, 2.75) is 25.4 Å². The summed E-state index contributed by atoms with van der Waals surface area (Å²) in [6.07, 6.45) is 3.29. The van der Waals surface area contributed by atoms with Crippen molar-refractivity contribution in [1.82, 2.24) is 15.2 Å². The zero-order chi connectivity index (χ0) is 15.6. The molecular formula is C14H17N3O4. The first-order valence-corrected chi connectivity index (χ1v) is 6.60. The second-order valence-corrected chi connectivity index (χ2v) is 5.11. The van der Waals surface area contributed by atoms with E-state index in [4.69, 9.17) is 5.11 Å². The van der Waals surface area contributed by atoms with Gasteiger partial charge in [0, 0.05) is 25.9 Å². The van der Waals surface area contributed by atoms with Crippen molar-refractivity contribution >= 4 is 17.8 Å². The minimum absolute atomic E-state index is 0.0637. The smallest absolute Gasteiger partial charge is 0.325 e. The fourth-order valence-corrected chi connectivity index (χ4v) is 2.49. The molecule has 0 bridgehead atoms. The van der Waals surface area contributed by atoms with Crippen LogP contribution in [0.25, 0.3) is 0 Å². The number of hydrogen-bond acceptors (Lipinski definition) is 4. The second-order valence-electron chi connectivity index (χ2n) is 5.11. The number of aliphatic carboxylic acids is 1. The third-order valence-electron chi connectivity index (χ3n) is 3.68. The van der Waals surface area contributed by atoms with Crippen molar-refractivity contribution in [3.63, 3.8) is 0 Å². The van der Waals surface area contributed by atoms with Crippen molar-refractivity contribution in [3.8, 4) is 0 Å². The number of likely N-dealkylation sites (tertiary alicyclic amines) is 1. The standard InChI is InChI=1S/C14H17N3O4/c1-8(14(20)21)16-13(19)10-6-11(18)17(2)12(10)9-4-3-5-15-7-9/h3-5,7-8,10,12H,6H2,1-2H3,(H,16,19)(H,20,21)/t8-,10?,12?/m0/s1. The lowest BCUT2D eigenvalue weighted by molar-refractivity contribution is -0.142. The molecule has 7 nitrogen and oxygen atoms in total. The van der Waals surface area contributed by atoms with Crippen molar-refractivity contribution in [2.24, 2.45) is 5.92 Å². The zero-order valence-electron chi connectivity index (χ0n) is 11.8. The molecule has 1 aliphatic rings. The number of nitrogens with one attached hydrogen (secondary N) is 1. The maximum absolute atomic E-state index is 12.3. The van der Waals surface area contributed by atoms with E-state index in [1.165, 1.54) is 11.8 Å². The molecule has 0 radical (unpaired) electrons. The highest BCUT2D eigenvalue weighted by Gasteiger charge is 2.43. The normalized spacial score (nSPS) is 23.0. The van der Waals surface area contributed by atoms with Gasteiger partial charge in [0.1, 0.15) is 6.04 Å². The highest BCUT2D eigenvalue weighted by atomic mass is 16.4. The molecule has 1 aromatic heterocycles. The lowest BCUT2D eigenvalue weighted by atomic mass is 9.93. The van der Waals surface area contributed by atoms with Gasteiger partial charge in [-0.25, -0.2) is 0 Å². The van der Waals surface area contributed by atoms with Crippen LogP contribution < -0.4 is 5.32 Å². The number of aromatic nitrogens is 1. The molecule has 2 amide bonds. The third kappa shape index (κ3) is 3.01. The van der Waals surface area contributed by atoms with E-state index in [2.05, 4.69) is 10.3 Å². The summed E-state index contributed by atoms with van der Waals surface area (Å²) in [4.78, 5) is 40.5. The molecule has 2 unspecified atom stereocenters. The molecule has 2 rings (SSSR count). The molecule has 1 aromatic rings. The molecule has 2 heterocycles. The number of carboxylic acid groups (broad SMARTS) is 1. The van der Waals surface area contributed by atoms with E-state index < -0.39 is 29.9 Å². The predicted octanol–water partition coefficient (Wildman–Crippen LogP) is 0.190. The van der Waals surface area contributed by atoms with Gasteiger partial charge in [-0.1, -0.05) is 6.07 Å². The number of carbonyl (C=O) groups excluding carboxylic acids is 2. The maximum Gasteiger partial charge on any atom is 0.325 e. The summed E-state index contributed by atoms with van der Waals surface area (Å²) in [5.74, 6) is -2.31. The Balaban J connectivity index is 2.23. The number of carboxylic acids is 1. The van der Waals surface area contributed by atoms with E-state index in [9.17, 15) is 14.4 Å². The van der Waals surface area contributed by atoms with Crippen LogP contribution in [-0.4, -0.2) is 45.9 Å². The number of pyridine rings is 1. The number of carbonyl (C=O) groups is 3. The SMILES string of the molecule is C[C@H](NC(=O)C1CC(=O)N(C)C1c1cccnc1)C(=O)O. The molecule has 0 aromatic carbocycles. The van der Waals surface area contributed by atoms with E-state index in [0.29, 0.717) is 0 Å². The molecular weight excluding hydrogens is 274 g/mol. The van der Waals surface area contributed by atoms with Gasteiger partial charge in [-0.15, -0.1) is 0 Å². The molecule has 0 aliphatic carbocycles. The molecule has 1 aliphatic heterocycles. The van der Waals surface area contributed by atoms with Gasteiger partial charge in [-0.05, 0) is 18.6 Å². The Labute approximate surface area is 122 Å². The fourth-order valence-electron chi connectivity index (χ4n) is 2.49. The van der Waals surface area contributed by atoms with Crippen LogP contribution in [0, 0.1) is 5.92 Å². The molecule has 3 atom stereocenters. The molecule has 0 saturated carbocycles. The highest BCUT2D eigenvalue weighted by molar-refractivity contribution is 5.92. The summed E-state index contributed by atoms with van der Waals surface area (Å²) in [6, 6.07) is 2.12. The van der Waals surface area contributed by atoms with Gasteiger partial charge in [0.15, 0.2) is 0 Å². The summed E-state index contributed by atoms with van der Waals surface area (Å²) >= 11 is 0. The van der Waals surface area contributed by atoms with Crippen LogP contribution in [0.2, 0.25) is 0 Å². The first-order chi connectivity index (χ1) is 9.91. The topological polar surface area (TPSA) is 99.6 Å². The van der Waals surface area contributed by atoms with Gasteiger partial charge in [0.25, 0.3) is 0 Å². The molecule has 21 heavy (non-hydrogen) atoms. The van der Waals surface area contributed by atoms with E-state index in [1.807, 2.05) is 0 Å². The lowest BCUT2D eigenvalue weighted by Gasteiger charge is -2.25. The summed E-state index contributed by atoms with van der Waals surface area (Å²) in [7, 11) is 1.63. The van der Waals surface area contributed by atoms with Gasteiger partial charge in [0.05, 0.1) is 12.0 Å². The second kappa shape index (κ2) is 5.90. The van der Waals surface area contributed by atoms with Crippen molar-refractivity contribution < 1.29 is 19.5 Å². The van der Waals surface area contributed by atoms with Crippen molar-refractivity contribution in [3.05, 3.63) is 30.1 Å². The Hall–Kier alpha value is -2.44. The molecule has 7 heteroatoms. The minimum atomic E-state index is -1.11. The van der Waals surface area contributed by atoms with Crippen LogP contribution in [0.5, 0.6) is 0 Å². The average Bonchev–Trinajstić information content (AvgIpc) is 2.76. The van der Waals surface area contributed by atoms with Gasteiger partial charge in [0.2, 0.25) is 11.8 Å². The van der Waals surface area contributed by atoms with E-state index in [-0.39, 0.29) is 12.3 Å². The first-order valence-electron chi connectivity index (χ1n) is 6.60. The van der Waals surface area contributed by atoms with Crippen LogP contribution >= 0.6 is 0 Å². The Bertz CT molecular complexity index is 561. The fraction of sp³-hybridized carbons (Fsp3) is 0.429. The Morgan fingerprint density at radius 3 is 2.81 bits per heavy atom. The van der Waals surface area contributed by atoms with E-state index in [0.717, 1.165) is 5.56 Å². The van der Waals surface area contributed by atoms with Crippen LogP contribution in [-0.2, 0) is 14.4 Å². The third-order valence-corrected chi connectivity index (χ3v) is 3.68. The molecule has 112 valence electrons. The van der Waals surface area contributed by atoms with Gasteiger partial charge in [-0.2, -0.15) is 0 Å². The van der Waals surface area contributed by atoms with Crippen molar-refractivity contribution in [1.29, 1.82) is 0 Å². The summed E-state index contributed by atoms with van der Waals surface area (Å²) in [5.41, 5.74) is 0.758. The molecule has 0 spiro atoms. The Morgan fingerprint density at radius 2 is 2.24 bits per heavy atom. The zero-order valence-corrected chi connectivity index (χ0v) is 11.8. The quantitative estimate of drug-likeness (QED) is 0.825. The largest absolute Gasteiger partial charge is 0.480 e. The Kier molecular flexibility index (Phi) is 4.21. The minimum Gasteiger partial charge on any atom is -0.480 e. The number of rotatable bonds is 4. The average molecular weight is 291 g/mol. The van der Waals surface area contributed by atoms with Crippen LogP contribution in [0.4, 0.5) is 0 Å². The molecule has 1 saturated heterocycles. The van der Waals surface area contributed by atoms with Gasteiger partial charge in [-0.3, -0.25) is 19.4 Å². The van der Waals surface area contributed by atoms with Gasteiger partial charge >= 0.3 is 5.97 Å². The molecule has 1 fully saturated rings. The first kappa shape index (κ1) is 15.0. The van der Waals surface area contributed by atoms with Crippen LogP contribution in [0.3, 0.4) is 0 Å². The summed E-state index contributed by atoms with van der Waals surface area (Å²) < 4.78 is 0.